The summed E-state index contributed by atoms with van der Waals surface area (Å²) in [6, 6.07) is 7.69. The Morgan fingerprint density at radius 1 is 1.42 bits per heavy atom. The van der Waals surface area contributed by atoms with Crippen LogP contribution in [0, 0.1) is 0 Å². The summed E-state index contributed by atoms with van der Waals surface area (Å²) in [4.78, 5) is 4.20. The number of hydrogen-bond acceptors (Lipinski definition) is 5. The van der Waals surface area contributed by atoms with E-state index in [0.717, 1.165) is 5.75 Å². The fourth-order valence-corrected chi connectivity index (χ4v) is 1.61. The second-order valence-electron chi connectivity index (χ2n) is 4.35. The number of ether oxygens (including phenoxy) is 1. The summed E-state index contributed by atoms with van der Waals surface area (Å²) in [5.74, 6) is 1.68. The van der Waals surface area contributed by atoms with Crippen molar-refractivity contribution in [2.75, 3.05) is 18.5 Å². The van der Waals surface area contributed by atoms with Gasteiger partial charge in [-0.3, -0.25) is 0 Å². The minimum Gasteiger partial charge on any atom is -0.492 e. The highest BCUT2D eigenvalue weighted by molar-refractivity contribution is 6.30. The van der Waals surface area contributed by atoms with Gasteiger partial charge in [-0.2, -0.15) is 4.98 Å². The first-order valence-corrected chi connectivity index (χ1v) is 6.49. The molecule has 1 heterocycles. The van der Waals surface area contributed by atoms with E-state index in [4.69, 9.17) is 20.9 Å². The Labute approximate surface area is 116 Å². The van der Waals surface area contributed by atoms with Crippen LogP contribution < -0.4 is 10.1 Å². The number of nitrogens with zero attached hydrogens (tertiary/aromatic N) is 2. The van der Waals surface area contributed by atoms with Crippen LogP contribution in [-0.4, -0.2) is 23.3 Å². The highest BCUT2D eigenvalue weighted by Gasteiger charge is 2.08. The molecule has 5 nitrogen and oxygen atoms in total. The van der Waals surface area contributed by atoms with Gasteiger partial charge in [-0.1, -0.05) is 36.7 Å². The summed E-state index contributed by atoms with van der Waals surface area (Å²) in [7, 11) is 0. The van der Waals surface area contributed by atoms with Gasteiger partial charge in [0.25, 0.3) is 0 Å². The number of benzene rings is 1. The lowest BCUT2D eigenvalue weighted by atomic mass is 10.2. The lowest BCUT2D eigenvalue weighted by Gasteiger charge is -2.06. The van der Waals surface area contributed by atoms with Crippen LogP contribution >= 0.6 is 11.6 Å². The first kappa shape index (κ1) is 13.7. The minimum atomic E-state index is 0.252. The van der Waals surface area contributed by atoms with Gasteiger partial charge in [-0.25, -0.2) is 0 Å². The zero-order valence-electron chi connectivity index (χ0n) is 10.9. The number of anilines is 1. The van der Waals surface area contributed by atoms with E-state index in [1.54, 1.807) is 12.1 Å². The Hall–Kier alpha value is -1.75. The monoisotopic (exact) mass is 281 g/mol. The van der Waals surface area contributed by atoms with Gasteiger partial charge in [0.2, 0.25) is 0 Å². The van der Waals surface area contributed by atoms with E-state index in [9.17, 15) is 0 Å². The van der Waals surface area contributed by atoms with Gasteiger partial charge in [-0.05, 0) is 18.2 Å². The normalized spacial score (nSPS) is 10.7. The van der Waals surface area contributed by atoms with Gasteiger partial charge in [0, 0.05) is 10.9 Å². The lowest BCUT2D eigenvalue weighted by molar-refractivity contribution is 0.329. The van der Waals surface area contributed by atoms with Crippen LogP contribution in [0.4, 0.5) is 6.01 Å². The van der Waals surface area contributed by atoms with E-state index in [1.165, 1.54) is 0 Å². The lowest BCUT2D eigenvalue weighted by Crippen LogP contribution is -2.11. The maximum atomic E-state index is 5.86. The third-order valence-corrected chi connectivity index (χ3v) is 2.64. The Morgan fingerprint density at radius 3 is 2.95 bits per heavy atom. The van der Waals surface area contributed by atoms with Crippen molar-refractivity contribution >= 4 is 17.6 Å². The van der Waals surface area contributed by atoms with Crippen LogP contribution in [0.2, 0.25) is 5.02 Å². The largest absolute Gasteiger partial charge is 0.492 e. The zero-order chi connectivity index (χ0) is 13.7. The molecule has 2 aromatic rings. The maximum Gasteiger partial charge on any atom is 0.321 e. The number of aromatic nitrogens is 2. The molecular weight excluding hydrogens is 266 g/mol. The van der Waals surface area contributed by atoms with Crippen molar-refractivity contribution in [1.29, 1.82) is 0 Å². The number of nitrogens with one attached hydrogen (secondary N) is 1. The van der Waals surface area contributed by atoms with Crippen molar-refractivity contribution < 1.29 is 9.26 Å². The van der Waals surface area contributed by atoms with Gasteiger partial charge in [0.05, 0.1) is 6.54 Å². The van der Waals surface area contributed by atoms with Crippen LogP contribution in [0.5, 0.6) is 5.75 Å². The fourth-order valence-electron chi connectivity index (χ4n) is 1.42. The fraction of sp³-hybridized carbons (Fsp3) is 0.385. The smallest absolute Gasteiger partial charge is 0.321 e. The Bertz CT molecular complexity index is 528. The molecule has 2 rings (SSSR count). The quantitative estimate of drug-likeness (QED) is 0.823. The molecule has 0 atom stereocenters. The van der Waals surface area contributed by atoms with E-state index < -0.39 is 0 Å². The number of hydrogen-bond donors (Lipinski definition) is 1. The van der Waals surface area contributed by atoms with Crippen molar-refractivity contribution in [2.24, 2.45) is 0 Å². The van der Waals surface area contributed by atoms with Crippen LogP contribution in [-0.2, 0) is 0 Å². The van der Waals surface area contributed by atoms with E-state index in [1.807, 2.05) is 26.0 Å². The summed E-state index contributed by atoms with van der Waals surface area (Å²) in [5.41, 5.74) is 0. The van der Waals surface area contributed by atoms with Crippen molar-refractivity contribution in [3.63, 3.8) is 0 Å². The van der Waals surface area contributed by atoms with Crippen molar-refractivity contribution in [3.8, 4) is 5.75 Å². The van der Waals surface area contributed by atoms with E-state index in [0.29, 0.717) is 30.0 Å². The van der Waals surface area contributed by atoms with Crippen molar-refractivity contribution in [2.45, 2.75) is 19.8 Å². The molecule has 0 amide bonds. The van der Waals surface area contributed by atoms with Crippen LogP contribution in [0.1, 0.15) is 25.6 Å². The molecule has 19 heavy (non-hydrogen) atoms. The molecule has 0 aliphatic heterocycles. The zero-order valence-corrected chi connectivity index (χ0v) is 11.6. The summed E-state index contributed by atoms with van der Waals surface area (Å²) >= 11 is 5.86. The maximum absolute atomic E-state index is 5.86. The minimum absolute atomic E-state index is 0.252. The summed E-state index contributed by atoms with van der Waals surface area (Å²) in [5, 5.41) is 7.52. The topological polar surface area (TPSA) is 60.2 Å². The van der Waals surface area contributed by atoms with Crippen molar-refractivity contribution in [1.82, 2.24) is 10.1 Å². The molecule has 0 saturated heterocycles. The SMILES string of the molecule is CC(C)c1noc(NCCOc2cccc(Cl)c2)n1. The molecular formula is C13H16ClN3O2. The summed E-state index contributed by atoms with van der Waals surface area (Å²) in [6.45, 7) is 5.08. The highest BCUT2D eigenvalue weighted by atomic mass is 35.5. The standard InChI is InChI=1S/C13H16ClN3O2/c1-9(2)12-16-13(19-17-12)15-6-7-18-11-5-3-4-10(14)8-11/h3-5,8-9H,6-7H2,1-2H3,(H,15,16,17). The molecule has 0 spiro atoms. The number of halogens is 1. The Morgan fingerprint density at radius 2 is 2.26 bits per heavy atom. The van der Waals surface area contributed by atoms with Gasteiger partial charge in [0.15, 0.2) is 5.82 Å². The average molecular weight is 282 g/mol. The summed E-state index contributed by atoms with van der Waals surface area (Å²) < 4.78 is 10.6. The molecule has 0 radical (unpaired) electrons. The van der Waals surface area contributed by atoms with Crippen LogP contribution in [0.15, 0.2) is 28.8 Å². The van der Waals surface area contributed by atoms with Gasteiger partial charge in [-0.15, -0.1) is 0 Å². The van der Waals surface area contributed by atoms with E-state index in [-0.39, 0.29) is 5.92 Å². The van der Waals surface area contributed by atoms with E-state index >= 15 is 0 Å². The highest BCUT2D eigenvalue weighted by Crippen LogP contribution is 2.17. The molecule has 1 aromatic heterocycles. The van der Waals surface area contributed by atoms with Gasteiger partial charge < -0.3 is 14.6 Å². The molecule has 1 N–H and O–H groups in total. The molecule has 0 unspecified atom stereocenters. The average Bonchev–Trinajstić information content (AvgIpc) is 2.84. The molecule has 0 aliphatic carbocycles. The predicted molar refractivity (Wildman–Crippen MR) is 73.8 cm³/mol. The molecule has 0 aliphatic rings. The van der Waals surface area contributed by atoms with Gasteiger partial charge >= 0.3 is 6.01 Å². The van der Waals surface area contributed by atoms with Gasteiger partial charge in [0.1, 0.15) is 12.4 Å². The Balaban J connectivity index is 1.74. The first-order chi connectivity index (χ1) is 9.15. The van der Waals surface area contributed by atoms with Crippen LogP contribution in [0.3, 0.4) is 0 Å². The Kier molecular flexibility index (Phi) is 4.63. The number of rotatable bonds is 6. The third kappa shape index (κ3) is 4.13. The molecule has 1 aromatic carbocycles. The molecule has 0 fully saturated rings. The van der Waals surface area contributed by atoms with Crippen LogP contribution in [0.25, 0.3) is 0 Å². The molecule has 0 saturated carbocycles. The second-order valence-corrected chi connectivity index (χ2v) is 4.78. The molecule has 0 bridgehead atoms. The summed E-state index contributed by atoms with van der Waals surface area (Å²) in [6.07, 6.45) is 0. The molecule has 102 valence electrons. The third-order valence-electron chi connectivity index (χ3n) is 2.40. The van der Waals surface area contributed by atoms with E-state index in [2.05, 4.69) is 15.5 Å². The predicted octanol–water partition coefficient (Wildman–Crippen LogP) is 3.34. The second kappa shape index (κ2) is 6.43. The van der Waals surface area contributed by atoms with Crippen molar-refractivity contribution in [3.05, 3.63) is 35.1 Å². The first-order valence-electron chi connectivity index (χ1n) is 6.11. The molecule has 6 heteroatoms.